The van der Waals surface area contributed by atoms with Crippen molar-refractivity contribution in [1.29, 1.82) is 0 Å². The number of hydrogen-bond donors (Lipinski definition) is 0. The molecular weight excluding hydrogens is 468 g/mol. The highest BCUT2D eigenvalue weighted by Gasteiger charge is 2.34. The van der Waals surface area contributed by atoms with Crippen LogP contribution in [0.1, 0.15) is 22.9 Å². The van der Waals surface area contributed by atoms with Gasteiger partial charge in [-0.2, -0.15) is 14.5 Å². The maximum Gasteiger partial charge on any atom is 0.368 e. The Morgan fingerprint density at radius 2 is 1.83 bits per heavy atom. The third-order valence-corrected chi connectivity index (χ3v) is 6.61. The fraction of sp³-hybridized carbons (Fsp3) is 0.208. The monoisotopic (exact) mass is 490 g/mol. The second kappa shape index (κ2) is 9.55. The first kappa shape index (κ1) is 22.5. The summed E-state index contributed by atoms with van der Waals surface area (Å²) >= 11 is 1.56. The normalized spacial score (nSPS) is 15.2. The number of ether oxygens (including phenoxy) is 2. The van der Waals surface area contributed by atoms with Gasteiger partial charge in [0.1, 0.15) is 6.54 Å². The molecule has 0 spiro atoms. The lowest BCUT2D eigenvalue weighted by molar-refractivity contribution is -0.134. The number of tetrazole rings is 1. The van der Waals surface area contributed by atoms with E-state index in [-0.39, 0.29) is 18.5 Å². The Labute approximate surface area is 204 Å². The molecule has 3 heterocycles. The van der Waals surface area contributed by atoms with Gasteiger partial charge in [0.25, 0.3) is 5.91 Å². The van der Waals surface area contributed by atoms with Crippen molar-refractivity contribution in [1.82, 2.24) is 24.8 Å². The van der Waals surface area contributed by atoms with E-state index in [0.717, 1.165) is 25.5 Å². The van der Waals surface area contributed by atoms with Gasteiger partial charge in [-0.25, -0.2) is 9.80 Å². The van der Waals surface area contributed by atoms with Crippen molar-refractivity contribution in [2.75, 3.05) is 14.2 Å². The Hall–Kier alpha value is -4.25. The van der Waals surface area contributed by atoms with Crippen molar-refractivity contribution in [3.05, 3.63) is 87.0 Å². The first-order valence-corrected chi connectivity index (χ1v) is 11.7. The Kier molecular flexibility index (Phi) is 6.15. The van der Waals surface area contributed by atoms with Gasteiger partial charge in [0.2, 0.25) is 0 Å². The van der Waals surface area contributed by atoms with Crippen LogP contribution in [0.4, 0.5) is 0 Å². The van der Waals surface area contributed by atoms with Gasteiger partial charge in [-0.1, -0.05) is 30.3 Å². The number of para-hydroxylation sites is 1. The summed E-state index contributed by atoms with van der Waals surface area (Å²) in [6.45, 7) is -0.295. The number of thiophene rings is 1. The maximum atomic E-state index is 13.4. The predicted molar refractivity (Wildman–Crippen MR) is 130 cm³/mol. The van der Waals surface area contributed by atoms with Crippen molar-refractivity contribution in [3.63, 3.8) is 0 Å². The molecule has 10 nitrogen and oxygen atoms in total. The van der Waals surface area contributed by atoms with Crippen LogP contribution in [0.3, 0.4) is 0 Å². The lowest BCUT2D eigenvalue weighted by atomic mass is 10.0. The summed E-state index contributed by atoms with van der Waals surface area (Å²) in [5.41, 5.74) is 1.70. The molecular formula is C24H22N6O4S. The molecule has 0 radical (unpaired) electrons. The van der Waals surface area contributed by atoms with E-state index in [1.165, 1.54) is 5.01 Å². The zero-order chi connectivity index (χ0) is 24.4. The summed E-state index contributed by atoms with van der Waals surface area (Å²) in [5, 5.41) is 15.9. The number of hydrazone groups is 1. The van der Waals surface area contributed by atoms with Gasteiger partial charge in [-0.15, -0.1) is 11.3 Å². The van der Waals surface area contributed by atoms with Gasteiger partial charge in [-0.3, -0.25) is 4.79 Å². The molecule has 5 rings (SSSR count). The van der Waals surface area contributed by atoms with Crippen molar-refractivity contribution in [3.8, 4) is 17.2 Å². The topological polar surface area (TPSA) is 104 Å². The molecule has 0 unspecified atom stereocenters. The van der Waals surface area contributed by atoms with Gasteiger partial charge < -0.3 is 9.47 Å². The molecule has 1 aliphatic heterocycles. The van der Waals surface area contributed by atoms with E-state index in [4.69, 9.17) is 9.47 Å². The van der Waals surface area contributed by atoms with Gasteiger partial charge in [0.15, 0.2) is 11.5 Å². The van der Waals surface area contributed by atoms with Crippen molar-refractivity contribution in [2.24, 2.45) is 5.10 Å². The molecule has 1 aliphatic rings. The van der Waals surface area contributed by atoms with E-state index in [9.17, 15) is 9.59 Å². The van der Waals surface area contributed by atoms with E-state index < -0.39 is 5.69 Å². The van der Waals surface area contributed by atoms with Crippen LogP contribution in [0, 0.1) is 0 Å². The quantitative estimate of drug-likeness (QED) is 0.395. The molecule has 1 amide bonds. The number of hydrogen-bond acceptors (Lipinski definition) is 8. The Morgan fingerprint density at radius 1 is 1.03 bits per heavy atom. The molecule has 35 heavy (non-hydrogen) atoms. The third-order valence-electron chi connectivity index (χ3n) is 5.69. The van der Waals surface area contributed by atoms with Crippen LogP contribution >= 0.6 is 11.3 Å². The molecule has 0 N–H and O–H groups in total. The largest absolute Gasteiger partial charge is 0.493 e. The molecule has 2 aromatic heterocycles. The summed E-state index contributed by atoms with van der Waals surface area (Å²) in [5.74, 6) is 0.776. The Balaban J connectivity index is 1.46. The number of benzene rings is 2. The third kappa shape index (κ3) is 4.33. The number of carbonyl (C=O) groups excluding carboxylic acids is 1. The fourth-order valence-electron chi connectivity index (χ4n) is 3.96. The summed E-state index contributed by atoms with van der Waals surface area (Å²) in [6, 6.07) is 18.0. The van der Waals surface area contributed by atoms with Crippen LogP contribution in [-0.4, -0.2) is 50.6 Å². The first-order valence-electron chi connectivity index (χ1n) is 10.8. The van der Waals surface area contributed by atoms with Crippen molar-refractivity contribution < 1.29 is 14.3 Å². The molecule has 2 aromatic carbocycles. The summed E-state index contributed by atoms with van der Waals surface area (Å²) < 4.78 is 13.0. The van der Waals surface area contributed by atoms with Crippen LogP contribution in [0.25, 0.3) is 5.69 Å². The van der Waals surface area contributed by atoms with Crippen LogP contribution in [-0.2, 0) is 11.3 Å². The van der Waals surface area contributed by atoms with E-state index in [0.29, 0.717) is 23.6 Å². The number of aromatic nitrogens is 4. The zero-order valence-corrected chi connectivity index (χ0v) is 19.9. The van der Waals surface area contributed by atoms with Crippen molar-refractivity contribution in [2.45, 2.75) is 19.0 Å². The van der Waals surface area contributed by atoms with Gasteiger partial charge in [0, 0.05) is 6.42 Å². The number of rotatable bonds is 7. The Morgan fingerprint density at radius 3 is 2.54 bits per heavy atom. The minimum atomic E-state index is -0.506. The second-order valence-electron chi connectivity index (χ2n) is 7.76. The molecule has 11 heteroatoms. The smallest absolute Gasteiger partial charge is 0.368 e. The second-order valence-corrected chi connectivity index (χ2v) is 8.71. The van der Waals surface area contributed by atoms with E-state index in [1.54, 1.807) is 55.9 Å². The fourth-order valence-corrected chi connectivity index (χ4v) is 4.68. The van der Waals surface area contributed by atoms with Crippen LogP contribution in [0.5, 0.6) is 11.5 Å². The van der Waals surface area contributed by atoms with Gasteiger partial charge in [-0.05, 0) is 51.7 Å². The Bertz CT molecular complexity index is 1430. The lowest BCUT2D eigenvalue weighted by Gasteiger charge is -2.22. The molecule has 0 aliphatic carbocycles. The van der Waals surface area contributed by atoms with Crippen LogP contribution in [0.15, 0.2) is 75.9 Å². The first-order chi connectivity index (χ1) is 17.1. The molecule has 0 bridgehead atoms. The number of nitrogens with zero attached hydrogens (tertiary/aromatic N) is 6. The highest BCUT2D eigenvalue weighted by atomic mass is 32.1. The predicted octanol–water partition coefficient (Wildman–Crippen LogP) is 2.89. The minimum Gasteiger partial charge on any atom is -0.493 e. The van der Waals surface area contributed by atoms with Crippen LogP contribution in [0.2, 0.25) is 0 Å². The maximum absolute atomic E-state index is 13.4. The summed E-state index contributed by atoms with van der Waals surface area (Å²) in [6.07, 6.45) is 0.521. The number of amides is 1. The molecule has 4 aromatic rings. The lowest BCUT2D eigenvalue weighted by Crippen LogP contribution is -2.34. The average molecular weight is 491 g/mol. The van der Waals surface area contributed by atoms with Crippen molar-refractivity contribution >= 4 is 23.0 Å². The highest BCUT2D eigenvalue weighted by molar-refractivity contribution is 7.12. The number of carbonyl (C=O) groups is 1. The average Bonchev–Trinajstić information content (AvgIpc) is 3.65. The minimum absolute atomic E-state index is 0.295. The molecule has 0 saturated carbocycles. The van der Waals surface area contributed by atoms with Gasteiger partial charge in [0.05, 0.1) is 36.5 Å². The molecule has 1 atom stereocenters. The molecule has 178 valence electrons. The zero-order valence-electron chi connectivity index (χ0n) is 19.1. The number of methoxy groups -OCH3 is 2. The standard InChI is InChI=1S/C24H22N6O4S/c1-33-20-11-10-16(13-21(20)34-2)19-14-18(22-9-6-12-35-22)25-30(19)23(31)15-28-24(32)29(27-26-28)17-7-4-3-5-8-17/h3-13,19H,14-15H2,1-2H3/t19-/m0/s1. The van der Waals surface area contributed by atoms with Crippen LogP contribution < -0.4 is 15.2 Å². The summed E-state index contributed by atoms with van der Waals surface area (Å²) in [4.78, 5) is 27.2. The molecule has 0 fully saturated rings. The van der Waals surface area contributed by atoms with Gasteiger partial charge >= 0.3 is 5.69 Å². The van der Waals surface area contributed by atoms with E-state index in [2.05, 4.69) is 15.5 Å². The van der Waals surface area contributed by atoms with E-state index in [1.807, 2.05) is 35.7 Å². The highest BCUT2D eigenvalue weighted by Crippen LogP contribution is 2.37. The molecule has 0 saturated heterocycles. The van der Waals surface area contributed by atoms with E-state index >= 15 is 0 Å². The summed E-state index contributed by atoms with van der Waals surface area (Å²) in [7, 11) is 3.14. The SMILES string of the molecule is COc1ccc([C@@H]2CC(c3cccs3)=NN2C(=O)Cn2nnn(-c3ccccc3)c2=O)cc1OC.